The summed E-state index contributed by atoms with van der Waals surface area (Å²) in [4.78, 5) is 12.1. The molecule has 2 aliphatic carbocycles. The number of amides is 1. The maximum atomic E-state index is 12.1. The predicted molar refractivity (Wildman–Crippen MR) is 88.3 cm³/mol. The molecular formula is C15H19Cl3N2O. The molecule has 3 atom stereocenters. The van der Waals surface area contributed by atoms with Gasteiger partial charge >= 0.3 is 0 Å². The minimum Gasteiger partial charge on any atom is -0.354 e. The summed E-state index contributed by atoms with van der Waals surface area (Å²) < 4.78 is 0. The number of hydrogen-bond donors (Lipinski definition) is 2. The van der Waals surface area contributed by atoms with Crippen LogP contribution in [0.5, 0.6) is 0 Å². The molecule has 1 aromatic carbocycles. The van der Waals surface area contributed by atoms with E-state index in [2.05, 4.69) is 5.32 Å². The van der Waals surface area contributed by atoms with Crippen LogP contribution in [0.4, 0.5) is 0 Å². The Bertz CT molecular complexity index is 534. The molecule has 2 aliphatic rings. The summed E-state index contributed by atoms with van der Waals surface area (Å²) in [5, 5.41) is 4.23. The van der Waals surface area contributed by atoms with E-state index < -0.39 is 0 Å². The van der Waals surface area contributed by atoms with Gasteiger partial charge in [-0.3, -0.25) is 4.79 Å². The van der Waals surface area contributed by atoms with E-state index in [-0.39, 0.29) is 36.2 Å². The molecule has 3 rings (SSSR count). The molecule has 116 valence electrons. The predicted octanol–water partition coefficient (Wildman–Crippen LogP) is 3.37. The third-order valence-corrected chi connectivity index (χ3v) is 4.79. The molecule has 1 aromatic rings. The first-order valence-corrected chi connectivity index (χ1v) is 7.80. The van der Waals surface area contributed by atoms with Gasteiger partial charge in [0.1, 0.15) is 0 Å². The monoisotopic (exact) mass is 348 g/mol. The lowest BCUT2D eigenvalue weighted by Crippen LogP contribution is -2.39. The maximum absolute atomic E-state index is 12.1. The fourth-order valence-electron chi connectivity index (χ4n) is 2.67. The summed E-state index contributed by atoms with van der Waals surface area (Å²) in [7, 11) is 0. The second-order valence-corrected chi connectivity index (χ2v) is 6.70. The number of carbonyl (C=O) groups excluding carboxylic acids is 1. The third-order valence-electron chi connectivity index (χ3n) is 4.23. The standard InChI is InChI=1S/C15H18Cl2N2O.ClH/c16-9-3-4-10(13(17)5-9)11-6-12(11)15(20)19-7-14(18)8-1-2-8;/h3-5,8,11-12,14H,1-2,6-7,18H2,(H,19,20);1H. The summed E-state index contributed by atoms with van der Waals surface area (Å²) >= 11 is 12.1. The Kier molecular flexibility index (Phi) is 5.42. The summed E-state index contributed by atoms with van der Waals surface area (Å²) in [6.07, 6.45) is 3.25. The summed E-state index contributed by atoms with van der Waals surface area (Å²) in [5.74, 6) is 0.949. The summed E-state index contributed by atoms with van der Waals surface area (Å²) in [6.45, 7) is 0.584. The average Bonchev–Trinajstić information content (AvgIpc) is 3.26. The lowest BCUT2D eigenvalue weighted by atomic mass is 10.1. The summed E-state index contributed by atoms with van der Waals surface area (Å²) in [6, 6.07) is 5.57. The molecule has 3 nitrogen and oxygen atoms in total. The van der Waals surface area contributed by atoms with E-state index >= 15 is 0 Å². The van der Waals surface area contributed by atoms with Gasteiger partial charge < -0.3 is 11.1 Å². The van der Waals surface area contributed by atoms with Crippen molar-refractivity contribution in [2.24, 2.45) is 17.6 Å². The van der Waals surface area contributed by atoms with Gasteiger partial charge in [-0.25, -0.2) is 0 Å². The van der Waals surface area contributed by atoms with Gasteiger partial charge in [0.05, 0.1) is 0 Å². The molecule has 0 radical (unpaired) electrons. The number of benzene rings is 1. The lowest BCUT2D eigenvalue weighted by molar-refractivity contribution is -0.122. The molecular weight excluding hydrogens is 331 g/mol. The Balaban J connectivity index is 0.00000161. The van der Waals surface area contributed by atoms with Gasteiger partial charge in [-0.05, 0) is 48.8 Å². The number of hydrogen-bond acceptors (Lipinski definition) is 2. The van der Waals surface area contributed by atoms with Gasteiger partial charge in [0.15, 0.2) is 0 Å². The van der Waals surface area contributed by atoms with E-state index in [0.717, 1.165) is 12.0 Å². The van der Waals surface area contributed by atoms with Crippen molar-refractivity contribution in [1.82, 2.24) is 5.32 Å². The number of rotatable bonds is 5. The first kappa shape index (κ1) is 16.9. The Morgan fingerprint density at radius 2 is 2.10 bits per heavy atom. The zero-order chi connectivity index (χ0) is 14.3. The van der Waals surface area contributed by atoms with E-state index in [1.165, 1.54) is 12.8 Å². The van der Waals surface area contributed by atoms with Gasteiger partial charge in [-0.2, -0.15) is 0 Å². The van der Waals surface area contributed by atoms with Crippen LogP contribution in [-0.2, 0) is 4.79 Å². The number of nitrogens with one attached hydrogen (secondary N) is 1. The molecule has 0 aromatic heterocycles. The number of nitrogens with two attached hydrogens (primary N) is 1. The molecule has 0 heterocycles. The van der Waals surface area contributed by atoms with Crippen molar-refractivity contribution in [1.29, 1.82) is 0 Å². The Morgan fingerprint density at radius 3 is 2.71 bits per heavy atom. The molecule has 21 heavy (non-hydrogen) atoms. The minimum atomic E-state index is 0. The van der Waals surface area contributed by atoms with E-state index in [1.807, 2.05) is 12.1 Å². The number of halogens is 3. The van der Waals surface area contributed by atoms with Gasteiger partial charge in [-0.1, -0.05) is 29.3 Å². The van der Waals surface area contributed by atoms with Crippen LogP contribution in [0.25, 0.3) is 0 Å². The Hall–Kier alpha value is -0.480. The van der Waals surface area contributed by atoms with Gasteiger partial charge in [0, 0.05) is 28.5 Å². The smallest absolute Gasteiger partial charge is 0.223 e. The number of carbonyl (C=O) groups is 1. The van der Waals surface area contributed by atoms with Crippen LogP contribution in [0.1, 0.15) is 30.7 Å². The summed E-state index contributed by atoms with van der Waals surface area (Å²) in [5.41, 5.74) is 7.00. The molecule has 0 spiro atoms. The van der Waals surface area contributed by atoms with Crippen LogP contribution in [0, 0.1) is 11.8 Å². The zero-order valence-corrected chi connectivity index (χ0v) is 13.8. The highest BCUT2D eigenvalue weighted by atomic mass is 35.5. The molecule has 0 bridgehead atoms. The van der Waals surface area contributed by atoms with Gasteiger partial charge in [0.25, 0.3) is 0 Å². The normalized spacial score (nSPS) is 24.9. The van der Waals surface area contributed by atoms with Crippen LogP contribution >= 0.6 is 35.6 Å². The highest BCUT2D eigenvalue weighted by Crippen LogP contribution is 2.50. The van der Waals surface area contributed by atoms with Crippen LogP contribution in [0.15, 0.2) is 18.2 Å². The van der Waals surface area contributed by atoms with Gasteiger partial charge in [-0.15, -0.1) is 12.4 Å². The Labute approximate surface area is 141 Å². The van der Waals surface area contributed by atoms with E-state index in [4.69, 9.17) is 28.9 Å². The van der Waals surface area contributed by atoms with E-state index in [1.54, 1.807) is 6.07 Å². The van der Waals surface area contributed by atoms with Crippen LogP contribution in [0.2, 0.25) is 10.0 Å². The van der Waals surface area contributed by atoms with Crippen LogP contribution < -0.4 is 11.1 Å². The highest BCUT2D eigenvalue weighted by molar-refractivity contribution is 6.35. The largest absolute Gasteiger partial charge is 0.354 e. The van der Waals surface area contributed by atoms with E-state index in [9.17, 15) is 4.79 Å². The zero-order valence-electron chi connectivity index (χ0n) is 11.5. The fourth-order valence-corrected chi connectivity index (χ4v) is 3.22. The second kappa shape index (κ2) is 6.74. The second-order valence-electron chi connectivity index (χ2n) is 5.86. The quantitative estimate of drug-likeness (QED) is 0.856. The molecule has 2 fully saturated rings. The van der Waals surface area contributed by atoms with Crippen LogP contribution in [0.3, 0.4) is 0 Å². The van der Waals surface area contributed by atoms with Crippen molar-refractivity contribution in [2.75, 3.05) is 6.54 Å². The van der Waals surface area contributed by atoms with Crippen molar-refractivity contribution < 1.29 is 4.79 Å². The van der Waals surface area contributed by atoms with Crippen molar-refractivity contribution in [3.8, 4) is 0 Å². The van der Waals surface area contributed by atoms with Gasteiger partial charge in [0.2, 0.25) is 5.91 Å². The molecule has 3 N–H and O–H groups in total. The van der Waals surface area contributed by atoms with E-state index in [0.29, 0.717) is 22.5 Å². The molecule has 0 aliphatic heterocycles. The molecule has 2 saturated carbocycles. The first-order valence-electron chi connectivity index (χ1n) is 7.04. The average molecular weight is 350 g/mol. The molecule has 6 heteroatoms. The highest BCUT2D eigenvalue weighted by Gasteiger charge is 2.45. The van der Waals surface area contributed by atoms with Crippen molar-refractivity contribution in [3.63, 3.8) is 0 Å². The third kappa shape index (κ3) is 4.04. The van der Waals surface area contributed by atoms with Crippen molar-refractivity contribution in [3.05, 3.63) is 33.8 Å². The fraction of sp³-hybridized carbons (Fsp3) is 0.533. The van der Waals surface area contributed by atoms with Crippen molar-refractivity contribution in [2.45, 2.75) is 31.2 Å². The maximum Gasteiger partial charge on any atom is 0.223 e. The Morgan fingerprint density at radius 1 is 1.38 bits per heavy atom. The van der Waals surface area contributed by atoms with Crippen LogP contribution in [-0.4, -0.2) is 18.5 Å². The topological polar surface area (TPSA) is 55.1 Å². The van der Waals surface area contributed by atoms with Crippen molar-refractivity contribution >= 4 is 41.5 Å². The minimum absolute atomic E-state index is 0. The molecule has 1 amide bonds. The lowest BCUT2D eigenvalue weighted by Gasteiger charge is -2.11. The molecule has 0 saturated heterocycles. The first-order chi connectivity index (χ1) is 9.56. The molecule has 3 unspecified atom stereocenters. The SMILES string of the molecule is Cl.NC(CNC(=O)C1CC1c1ccc(Cl)cc1Cl)C1CC1.